The highest BCUT2D eigenvalue weighted by Crippen LogP contribution is 2.61. The Hall–Kier alpha value is -3.43. The quantitative estimate of drug-likeness (QED) is 0.460. The molecule has 3 aromatic rings. The van der Waals surface area contributed by atoms with E-state index in [9.17, 15) is 22.8 Å². The number of benzene rings is 1. The molecule has 0 unspecified atom stereocenters. The van der Waals surface area contributed by atoms with Crippen LogP contribution in [0.4, 0.5) is 23.4 Å². The first-order valence-corrected chi connectivity index (χ1v) is 12.9. The Morgan fingerprint density at radius 1 is 1.11 bits per heavy atom. The summed E-state index contributed by atoms with van der Waals surface area (Å²) < 4.78 is 57.2. The average Bonchev–Trinajstić information content (AvgIpc) is 2.82. The fourth-order valence-electron chi connectivity index (χ4n) is 7.79. The molecule has 4 bridgehead atoms. The van der Waals surface area contributed by atoms with Crippen LogP contribution in [0.5, 0.6) is 0 Å². The topological polar surface area (TPSA) is 81.2 Å². The molecular weight excluding hydrogens is 500 g/mol. The van der Waals surface area contributed by atoms with E-state index in [0.717, 1.165) is 50.7 Å². The maximum atomic E-state index is 15.5. The smallest absolute Gasteiger partial charge is 0.255 e. The molecule has 200 valence electrons. The molecule has 1 amide bonds. The summed E-state index contributed by atoms with van der Waals surface area (Å²) in [4.78, 5) is 32.6. The van der Waals surface area contributed by atoms with Gasteiger partial charge in [-0.05, 0) is 80.5 Å². The number of rotatable bonds is 6. The number of amides is 1. The number of nitrogens with zero attached hydrogens (tertiary/aromatic N) is 3. The fourth-order valence-corrected chi connectivity index (χ4v) is 7.79. The van der Waals surface area contributed by atoms with E-state index in [2.05, 4.69) is 4.98 Å². The lowest BCUT2D eigenvalue weighted by Crippen LogP contribution is -2.51. The van der Waals surface area contributed by atoms with Gasteiger partial charge in [-0.25, -0.2) is 22.5 Å². The van der Waals surface area contributed by atoms with E-state index >= 15 is 4.39 Å². The predicted octanol–water partition coefficient (Wildman–Crippen LogP) is 4.93. The largest absolute Gasteiger partial charge is 0.365 e. The molecule has 0 atom stereocenters. The highest BCUT2D eigenvalue weighted by Gasteiger charge is 2.54. The van der Waals surface area contributed by atoms with E-state index in [1.807, 2.05) is 0 Å². The first-order chi connectivity index (χ1) is 18.1. The lowest BCUT2D eigenvalue weighted by molar-refractivity contribution is -0.00844. The van der Waals surface area contributed by atoms with Gasteiger partial charge >= 0.3 is 0 Å². The Morgan fingerprint density at radius 2 is 1.74 bits per heavy atom. The van der Waals surface area contributed by atoms with Crippen LogP contribution in [0.15, 0.2) is 35.1 Å². The second-order valence-electron chi connectivity index (χ2n) is 11.4. The molecule has 4 fully saturated rings. The first kappa shape index (κ1) is 24.9. The summed E-state index contributed by atoms with van der Waals surface area (Å²) in [6, 6.07) is 5.89. The van der Waals surface area contributed by atoms with Crippen molar-refractivity contribution in [2.24, 2.45) is 23.5 Å². The summed E-state index contributed by atoms with van der Waals surface area (Å²) in [6.07, 6.45) is 2.76. The summed E-state index contributed by atoms with van der Waals surface area (Å²) in [5, 5.41) is 0.00482. The Balaban J connectivity index is 1.73. The van der Waals surface area contributed by atoms with Crippen LogP contribution >= 0.6 is 0 Å². The van der Waals surface area contributed by atoms with Crippen LogP contribution in [0.1, 0.15) is 54.6 Å². The number of primary amides is 1. The molecule has 4 aliphatic carbocycles. The number of pyridine rings is 2. The molecule has 4 aliphatic rings. The van der Waals surface area contributed by atoms with Gasteiger partial charge in [-0.15, -0.1) is 0 Å². The normalized spacial score (nSPS) is 25.9. The number of halogens is 4. The van der Waals surface area contributed by atoms with Gasteiger partial charge in [0.05, 0.1) is 17.6 Å². The monoisotopic (exact) mass is 528 g/mol. The Kier molecular flexibility index (Phi) is 5.77. The number of hydrogen-bond donors (Lipinski definition) is 1. The van der Waals surface area contributed by atoms with Crippen molar-refractivity contribution in [1.29, 1.82) is 0 Å². The van der Waals surface area contributed by atoms with Gasteiger partial charge in [-0.3, -0.25) is 14.2 Å². The van der Waals surface area contributed by atoms with Crippen LogP contribution in [-0.4, -0.2) is 35.5 Å². The molecule has 6 nitrogen and oxygen atoms in total. The van der Waals surface area contributed by atoms with Crippen molar-refractivity contribution >= 4 is 22.8 Å². The summed E-state index contributed by atoms with van der Waals surface area (Å²) in [7, 11) is 1.44. The van der Waals surface area contributed by atoms with Crippen molar-refractivity contribution in [3.63, 3.8) is 0 Å². The number of fused-ring (bicyclic) bond motifs is 1. The molecule has 0 spiro atoms. The molecule has 2 heterocycles. The minimum atomic E-state index is -2.63. The second kappa shape index (κ2) is 8.81. The van der Waals surface area contributed by atoms with E-state index in [4.69, 9.17) is 5.73 Å². The standard InChI is InChI=1S/C28H28F4N4O2/c1-35(13-21(31)32)22-5-3-18-24(37)23(26(33)38)25(28-10-14-6-15(11-28)8-16(7-14)12-28)36(27(18)34-22)20-4-2-17(29)9-19(20)30/h2-5,9,14-16,21H,6-8,10-13H2,1H3,(H2,33,38). The summed E-state index contributed by atoms with van der Waals surface area (Å²) in [6.45, 7) is -0.602. The van der Waals surface area contributed by atoms with Gasteiger partial charge in [-0.2, -0.15) is 0 Å². The summed E-state index contributed by atoms with van der Waals surface area (Å²) >= 11 is 0. The molecule has 2 aromatic heterocycles. The third-order valence-electron chi connectivity index (χ3n) is 8.74. The highest BCUT2D eigenvalue weighted by atomic mass is 19.3. The van der Waals surface area contributed by atoms with Crippen LogP contribution in [0.2, 0.25) is 0 Å². The van der Waals surface area contributed by atoms with Crippen LogP contribution in [-0.2, 0) is 5.41 Å². The van der Waals surface area contributed by atoms with Crippen LogP contribution in [0.25, 0.3) is 16.7 Å². The number of anilines is 1. The molecule has 0 saturated heterocycles. The minimum Gasteiger partial charge on any atom is -0.365 e. The van der Waals surface area contributed by atoms with E-state index in [0.29, 0.717) is 23.4 Å². The van der Waals surface area contributed by atoms with Gasteiger partial charge < -0.3 is 10.6 Å². The fraction of sp³-hybridized carbons (Fsp3) is 0.464. The van der Waals surface area contributed by atoms with Crippen LogP contribution in [0.3, 0.4) is 0 Å². The van der Waals surface area contributed by atoms with Gasteiger partial charge in [0, 0.05) is 24.2 Å². The summed E-state index contributed by atoms with van der Waals surface area (Å²) in [5.74, 6) is -1.21. The predicted molar refractivity (Wildman–Crippen MR) is 135 cm³/mol. The lowest BCUT2D eigenvalue weighted by atomic mass is 9.48. The maximum absolute atomic E-state index is 15.5. The molecule has 0 radical (unpaired) electrons. The van der Waals surface area contributed by atoms with E-state index < -0.39 is 41.4 Å². The van der Waals surface area contributed by atoms with Gasteiger partial charge in [0.2, 0.25) is 5.43 Å². The molecule has 38 heavy (non-hydrogen) atoms. The summed E-state index contributed by atoms with van der Waals surface area (Å²) in [5.41, 5.74) is 4.67. The Bertz CT molecular complexity index is 1480. The zero-order valence-corrected chi connectivity index (χ0v) is 20.9. The number of carbonyl (C=O) groups is 1. The molecule has 4 saturated carbocycles. The maximum Gasteiger partial charge on any atom is 0.255 e. The molecule has 2 N–H and O–H groups in total. The lowest BCUT2D eigenvalue weighted by Gasteiger charge is -2.57. The number of nitrogens with two attached hydrogens (primary N) is 1. The highest BCUT2D eigenvalue weighted by molar-refractivity contribution is 5.98. The van der Waals surface area contributed by atoms with Crippen molar-refractivity contribution in [3.8, 4) is 5.69 Å². The van der Waals surface area contributed by atoms with Crippen molar-refractivity contribution in [1.82, 2.24) is 9.55 Å². The van der Waals surface area contributed by atoms with E-state index in [-0.39, 0.29) is 28.1 Å². The molecule has 0 aliphatic heterocycles. The van der Waals surface area contributed by atoms with Crippen molar-refractivity contribution in [2.75, 3.05) is 18.5 Å². The van der Waals surface area contributed by atoms with E-state index in [1.54, 1.807) is 0 Å². The van der Waals surface area contributed by atoms with Gasteiger partial charge in [0.1, 0.15) is 23.0 Å². The second-order valence-corrected chi connectivity index (χ2v) is 11.4. The van der Waals surface area contributed by atoms with Crippen molar-refractivity contribution in [3.05, 3.63) is 63.4 Å². The Morgan fingerprint density at radius 3 is 2.29 bits per heavy atom. The number of carbonyl (C=O) groups excluding carboxylic acids is 1. The van der Waals surface area contributed by atoms with E-state index in [1.165, 1.54) is 34.7 Å². The van der Waals surface area contributed by atoms with Crippen molar-refractivity contribution in [2.45, 2.75) is 50.4 Å². The van der Waals surface area contributed by atoms with Crippen LogP contribution in [0, 0.1) is 29.4 Å². The van der Waals surface area contributed by atoms with Crippen LogP contribution < -0.4 is 16.1 Å². The molecule has 1 aromatic carbocycles. The third-order valence-corrected chi connectivity index (χ3v) is 8.74. The van der Waals surface area contributed by atoms with Crippen molar-refractivity contribution < 1.29 is 22.4 Å². The average molecular weight is 529 g/mol. The third kappa shape index (κ3) is 3.87. The van der Waals surface area contributed by atoms with Gasteiger partial charge in [0.25, 0.3) is 12.3 Å². The van der Waals surface area contributed by atoms with Gasteiger partial charge in [0.15, 0.2) is 5.65 Å². The number of aromatic nitrogens is 2. The zero-order chi connectivity index (χ0) is 26.9. The first-order valence-electron chi connectivity index (χ1n) is 12.9. The molecule has 7 rings (SSSR count). The number of hydrogen-bond acceptors (Lipinski definition) is 4. The number of alkyl halides is 2. The Labute approximate surface area is 216 Å². The molecular formula is C28H28F4N4O2. The molecule has 10 heteroatoms. The zero-order valence-electron chi connectivity index (χ0n) is 20.9. The SMILES string of the molecule is CN(CC(F)F)c1ccc2c(=O)c(C(N)=O)c(C34CC5CC(CC(C5)C3)C4)n(-c3ccc(F)cc3F)c2n1. The minimum absolute atomic E-state index is 0.00482. The van der Waals surface area contributed by atoms with Gasteiger partial charge in [-0.1, -0.05) is 0 Å².